The van der Waals surface area contributed by atoms with Gasteiger partial charge in [-0.05, 0) is 48.4 Å². The van der Waals surface area contributed by atoms with Crippen molar-refractivity contribution in [1.82, 2.24) is 24.7 Å². The number of aryl methyl sites for hydroxylation is 1. The van der Waals surface area contributed by atoms with Crippen molar-refractivity contribution in [1.29, 1.82) is 0 Å². The third-order valence-corrected chi connectivity index (χ3v) is 5.15. The fourth-order valence-corrected chi connectivity index (χ4v) is 3.56. The number of benzene rings is 2. The molecule has 0 aliphatic rings. The Morgan fingerprint density at radius 3 is 2.63 bits per heavy atom. The summed E-state index contributed by atoms with van der Waals surface area (Å²) in [6, 6.07) is 11.4. The van der Waals surface area contributed by atoms with E-state index in [1.807, 2.05) is 13.0 Å². The van der Waals surface area contributed by atoms with Crippen molar-refractivity contribution in [3.8, 4) is 11.1 Å². The van der Waals surface area contributed by atoms with Crippen LogP contribution in [-0.2, 0) is 6.54 Å². The number of H-pyrrole nitrogens is 1. The van der Waals surface area contributed by atoms with Crippen molar-refractivity contribution in [3.05, 3.63) is 88.1 Å². The first kappa shape index (κ1) is 18.1. The highest BCUT2D eigenvalue weighted by molar-refractivity contribution is 5.86. The van der Waals surface area contributed by atoms with Crippen LogP contribution in [0.2, 0.25) is 0 Å². The number of rotatable bonds is 3. The Kier molecular flexibility index (Phi) is 4.13. The van der Waals surface area contributed by atoms with E-state index in [1.54, 1.807) is 24.3 Å². The highest BCUT2D eigenvalue weighted by Crippen LogP contribution is 2.28. The molecule has 0 atom stereocenters. The molecule has 0 aliphatic heterocycles. The van der Waals surface area contributed by atoms with Gasteiger partial charge in [0.05, 0.1) is 24.0 Å². The van der Waals surface area contributed by atoms with E-state index in [-0.39, 0.29) is 17.8 Å². The van der Waals surface area contributed by atoms with Gasteiger partial charge in [-0.2, -0.15) is 5.10 Å². The number of hydrogen-bond acceptors (Lipinski definition) is 4. The standard InChI is InChI=1S/C22H15F2N5O/c1-12-15-5-4-13(9-20(15)28-27-12)14-7-17(23)16(18(24)8-14)11-29-21(30)10-26-19-3-2-6-25-22(19)29/h2-10H,11H2,1H3,(H,27,28). The lowest BCUT2D eigenvalue weighted by molar-refractivity contribution is 0.544. The molecule has 0 bridgehead atoms. The minimum absolute atomic E-state index is 0.211. The van der Waals surface area contributed by atoms with Crippen LogP contribution in [0.5, 0.6) is 0 Å². The number of aromatic amines is 1. The lowest BCUT2D eigenvalue weighted by Crippen LogP contribution is -2.23. The Balaban J connectivity index is 1.58. The summed E-state index contributed by atoms with van der Waals surface area (Å²) >= 11 is 0. The van der Waals surface area contributed by atoms with Gasteiger partial charge in [0, 0.05) is 17.1 Å². The van der Waals surface area contributed by atoms with Crippen LogP contribution in [0.25, 0.3) is 33.2 Å². The van der Waals surface area contributed by atoms with Gasteiger partial charge < -0.3 is 0 Å². The summed E-state index contributed by atoms with van der Waals surface area (Å²) < 4.78 is 31.1. The van der Waals surface area contributed by atoms with Gasteiger partial charge in [0.1, 0.15) is 17.2 Å². The van der Waals surface area contributed by atoms with Gasteiger partial charge in [0.25, 0.3) is 5.56 Å². The van der Waals surface area contributed by atoms with E-state index in [2.05, 4.69) is 20.2 Å². The lowest BCUT2D eigenvalue weighted by Gasteiger charge is -2.12. The van der Waals surface area contributed by atoms with Crippen LogP contribution >= 0.6 is 0 Å². The van der Waals surface area contributed by atoms with Crippen LogP contribution in [0.1, 0.15) is 11.3 Å². The minimum atomic E-state index is -0.737. The molecule has 8 heteroatoms. The van der Waals surface area contributed by atoms with Gasteiger partial charge in [0.2, 0.25) is 0 Å². The van der Waals surface area contributed by atoms with Gasteiger partial charge in [-0.3, -0.25) is 14.5 Å². The van der Waals surface area contributed by atoms with Gasteiger partial charge in [0.15, 0.2) is 5.65 Å². The molecular weight excluding hydrogens is 388 g/mol. The van der Waals surface area contributed by atoms with Crippen LogP contribution in [0.15, 0.2) is 59.7 Å². The second kappa shape index (κ2) is 6.84. The average Bonchev–Trinajstić information content (AvgIpc) is 3.12. The molecule has 148 valence electrons. The zero-order valence-electron chi connectivity index (χ0n) is 15.9. The first-order valence-corrected chi connectivity index (χ1v) is 9.25. The number of pyridine rings is 1. The Bertz CT molecular complexity index is 1470. The molecule has 0 radical (unpaired) electrons. The maximum atomic E-state index is 14.9. The largest absolute Gasteiger partial charge is 0.285 e. The molecule has 0 aliphatic carbocycles. The number of nitrogens with zero attached hydrogens (tertiary/aromatic N) is 4. The third kappa shape index (κ3) is 2.93. The molecule has 6 nitrogen and oxygen atoms in total. The highest BCUT2D eigenvalue weighted by atomic mass is 19.1. The Labute approximate surface area is 168 Å². The van der Waals surface area contributed by atoms with Crippen LogP contribution in [-0.4, -0.2) is 24.7 Å². The zero-order valence-corrected chi connectivity index (χ0v) is 15.9. The van der Waals surface area contributed by atoms with Gasteiger partial charge >= 0.3 is 0 Å². The molecule has 0 unspecified atom stereocenters. The van der Waals surface area contributed by atoms with E-state index in [9.17, 15) is 13.6 Å². The molecule has 0 amide bonds. The summed E-state index contributed by atoms with van der Waals surface area (Å²) in [5, 5.41) is 8.00. The first-order chi connectivity index (χ1) is 14.5. The predicted octanol–water partition coefficient (Wildman–Crippen LogP) is 3.97. The second-order valence-electron chi connectivity index (χ2n) is 7.02. The van der Waals surface area contributed by atoms with Gasteiger partial charge in [-0.15, -0.1) is 0 Å². The Morgan fingerprint density at radius 1 is 1.03 bits per heavy atom. The normalized spacial score (nSPS) is 11.4. The van der Waals surface area contributed by atoms with E-state index in [0.717, 1.165) is 22.8 Å². The molecule has 5 rings (SSSR count). The monoisotopic (exact) mass is 403 g/mol. The molecule has 0 saturated carbocycles. The van der Waals surface area contributed by atoms with Crippen LogP contribution in [0.4, 0.5) is 8.78 Å². The molecule has 0 fully saturated rings. The molecule has 0 spiro atoms. The minimum Gasteiger partial charge on any atom is -0.285 e. The predicted molar refractivity (Wildman–Crippen MR) is 109 cm³/mol. The van der Waals surface area contributed by atoms with E-state index < -0.39 is 17.2 Å². The van der Waals surface area contributed by atoms with Crippen molar-refractivity contribution in [2.45, 2.75) is 13.5 Å². The number of fused-ring (bicyclic) bond motifs is 2. The van der Waals surface area contributed by atoms with Crippen molar-refractivity contribution in [3.63, 3.8) is 0 Å². The zero-order chi connectivity index (χ0) is 20.8. The molecule has 2 aromatic carbocycles. The number of aromatic nitrogens is 5. The first-order valence-electron chi connectivity index (χ1n) is 9.25. The van der Waals surface area contributed by atoms with Crippen LogP contribution < -0.4 is 5.56 Å². The Hall–Kier alpha value is -3.94. The molecule has 5 aromatic rings. The average molecular weight is 403 g/mol. The third-order valence-electron chi connectivity index (χ3n) is 5.15. The number of hydrogen-bond donors (Lipinski definition) is 1. The fraction of sp³-hybridized carbons (Fsp3) is 0.0909. The second-order valence-corrected chi connectivity index (χ2v) is 7.02. The molecule has 3 aromatic heterocycles. The summed E-state index contributed by atoms with van der Waals surface area (Å²) in [5.41, 5.74) is 2.74. The van der Waals surface area contributed by atoms with Crippen molar-refractivity contribution < 1.29 is 8.78 Å². The molecule has 0 saturated heterocycles. The van der Waals surface area contributed by atoms with E-state index in [1.165, 1.54) is 22.9 Å². The maximum Gasteiger partial charge on any atom is 0.270 e. The topological polar surface area (TPSA) is 76.5 Å². The van der Waals surface area contributed by atoms with Gasteiger partial charge in [-0.25, -0.2) is 18.7 Å². The highest BCUT2D eigenvalue weighted by Gasteiger charge is 2.16. The van der Waals surface area contributed by atoms with Crippen LogP contribution in [0, 0.1) is 18.6 Å². The summed E-state index contributed by atoms with van der Waals surface area (Å²) in [5.74, 6) is -1.47. The SMILES string of the molecule is Cc1n[nH]c2cc(-c3cc(F)c(Cn4c(=O)cnc5cccnc54)c(F)c3)ccc12. The maximum absolute atomic E-state index is 14.9. The molecule has 1 N–H and O–H groups in total. The lowest BCUT2D eigenvalue weighted by atomic mass is 10.0. The fourth-order valence-electron chi connectivity index (χ4n) is 3.56. The summed E-state index contributed by atoms with van der Waals surface area (Å²) in [4.78, 5) is 20.4. The summed E-state index contributed by atoms with van der Waals surface area (Å²) in [6.07, 6.45) is 2.62. The van der Waals surface area contributed by atoms with Crippen molar-refractivity contribution >= 4 is 22.1 Å². The summed E-state index contributed by atoms with van der Waals surface area (Å²) in [6.45, 7) is 1.60. The van der Waals surface area contributed by atoms with Crippen molar-refractivity contribution in [2.24, 2.45) is 0 Å². The molecular formula is C22H15F2N5O. The quantitative estimate of drug-likeness (QED) is 0.495. The molecule has 3 heterocycles. The van der Waals surface area contributed by atoms with Crippen LogP contribution in [0.3, 0.4) is 0 Å². The van der Waals surface area contributed by atoms with E-state index in [0.29, 0.717) is 16.6 Å². The number of nitrogens with one attached hydrogen (secondary N) is 1. The van der Waals surface area contributed by atoms with Crippen molar-refractivity contribution in [2.75, 3.05) is 0 Å². The van der Waals surface area contributed by atoms with E-state index >= 15 is 0 Å². The number of halogens is 2. The Morgan fingerprint density at radius 2 is 1.83 bits per heavy atom. The summed E-state index contributed by atoms with van der Waals surface area (Å²) in [7, 11) is 0. The van der Waals surface area contributed by atoms with E-state index in [4.69, 9.17) is 0 Å². The van der Waals surface area contributed by atoms with Gasteiger partial charge in [-0.1, -0.05) is 12.1 Å². The smallest absolute Gasteiger partial charge is 0.270 e. The molecule has 30 heavy (non-hydrogen) atoms.